The number of rotatable bonds is 3. The Morgan fingerprint density at radius 1 is 1.42 bits per heavy atom. The Balaban J connectivity index is 1.76. The molecule has 5 nitrogen and oxygen atoms in total. The summed E-state index contributed by atoms with van der Waals surface area (Å²) in [6, 6.07) is 0. The van der Waals surface area contributed by atoms with Crippen LogP contribution in [0.25, 0.3) is 0 Å². The fourth-order valence-electron chi connectivity index (χ4n) is 3.17. The largest absolute Gasteiger partial charge is 0.381 e. The Kier molecular flexibility index (Phi) is 3.86. The van der Waals surface area contributed by atoms with E-state index in [4.69, 9.17) is 4.74 Å². The number of carbonyl (C=O) groups excluding carboxylic acids is 1. The second-order valence-electron chi connectivity index (χ2n) is 5.37. The molecule has 3 rings (SSSR count). The number of nitrogens with zero attached hydrogens (tertiary/aromatic N) is 3. The molecule has 0 aliphatic carbocycles. The highest BCUT2D eigenvalue weighted by atomic mass is 79.9. The maximum atomic E-state index is 11.4. The molecule has 1 aromatic heterocycles. The van der Waals surface area contributed by atoms with E-state index in [2.05, 4.69) is 31.0 Å². The zero-order valence-electron chi connectivity index (χ0n) is 10.7. The molecule has 2 fully saturated rings. The number of carbonyl (C=O) groups is 1. The average Bonchev–Trinajstić information content (AvgIpc) is 2.74. The molecule has 19 heavy (non-hydrogen) atoms. The van der Waals surface area contributed by atoms with Gasteiger partial charge in [-0.1, -0.05) is 11.3 Å². The summed E-state index contributed by atoms with van der Waals surface area (Å²) < 4.78 is 6.47. The molecule has 0 amide bonds. The van der Waals surface area contributed by atoms with Gasteiger partial charge >= 0.3 is 0 Å². The predicted octanol–water partition coefficient (Wildman–Crippen LogP) is 1.98. The number of halogens is 1. The first-order valence-corrected chi connectivity index (χ1v) is 8.05. The maximum Gasteiger partial charge on any atom is 0.209 e. The van der Waals surface area contributed by atoms with Gasteiger partial charge in [0.15, 0.2) is 3.92 Å². The van der Waals surface area contributed by atoms with E-state index >= 15 is 0 Å². The average molecular weight is 346 g/mol. The number of ketones is 1. The van der Waals surface area contributed by atoms with E-state index in [0.717, 1.165) is 35.4 Å². The van der Waals surface area contributed by atoms with Crippen LogP contribution in [0.4, 0.5) is 5.13 Å². The van der Waals surface area contributed by atoms with E-state index < -0.39 is 0 Å². The van der Waals surface area contributed by atoms with Crippen molar-refractivity contribution in [2.45, 2.75) is 13.3 Å². The molecular formula is C12H16BrN3O2S. The van der Waals surface area contributed by atoms with Crippen molar-refractivity contribution < 1.29 is 9.53 Å². The summed E-state index contributed by atoms with van der Waals surface area (Å²) >= 11 is 4.91. The molecule has 104 valence electrons. The number of anilines is 1. The molecule has 2 unspecified atom stereocenters. The summed E-state index contributed by atoms with van der Waals surface area (Å²) in [5.41, 5.74) is 0. The van der Waals surface area contributed by atoms with Crippen LogP contribution >= 0.6 is 27.3 Å². The number of Topliss-reactive ketones (excluding diaryl/α,β-unsaturated/α-hetero) is 1. The van der Waals surface area contributed by atoms with Gasteiger partial charge < -0.3 is 14.4 Å². The van der Waals surface area contributed by atoms with Crippen LogP contribution in [0.1, 0.15) is 13.3 Å². The Hall–Kier alpha value is -0.530. The minimum Gasteiger partial charge on any atom is -0.381 e. The fourth-order valence-corrected chi connectivity index (χ4v) is 4.27. The van der Waals surface area contributed by atoms with Crippen LogP contribution in [0.2, 0.25) is 0 Å². The Labute approximate surface area is 124 Å². The number of piperidine rings is 1. The predicted molar refractivity (Wildman–Crippen MR) is 76.4 cm³/mol. The Bertz CT molecular complexity index is 467. The van der Waals surface area contributed by atoms with Gasteiger partial charge in [0, 0.05) is 31.3 Å². The van der Waals surface area contributed by atoms with Crippen LogP contribution in [0.5, 0.6) is 0 Å². The minimum atomic E-state index is 0.286. The van der Waals surface area contributed by atoms with E-state index in [0.29, 0.717) is 24.2 Å². The van der Waals surface area contributed by atoms with Gasteiger partial charge in [-0.3, -0.25) is 0 Å². The topological polar surface area (TPSA) is 55.3 Å². The first-order chi connectivity index (χ1) is 9.13. The second kappa shape index (κ2) is 5.46. The first kappa shape index (κ1) is 13.5. The lowest BCUT2D eigenvalue weighted by Crippen LogP contribution is -2.53. The molecule has 7 heteroatoms. The summed E-state index contributed by atoms with van der Waals surface area (Å²) in [6.45, 7) is 5.02. The molecule has 0 saturated carbocycles. The van der Waals surface area contributed by atoms with E-state index in [1.165, 1.54) is 0 Å². The molecule has 2 aliphatic heterocycles. The lowest BCUT2D eigenvalue weighted by molar-refractivity contribution is -0.121. The highest BCUT2D eigenvalue weighted by molar-refractivity contribution is 9.11. The van der Waals surface area contributed by atoms with E-state index in [9.17, 15) is 4.79 Å². The molecule has 0 aromatic carbocycles. The van der Waals surface area contributed by atoms with Gasteiger partial charge in [-0.25, -0.2) is 0 Å². The molecule has 1 aromatic rings. The number of fused-ring (bicyclic) bond motifs is 2. The van der Waals surface area contributed by atoms with Gasteiger partial charge in [-0.2, -0.15) is 0 Å². The van der Waals surface area contributed by atoms with Crippen molar-refractivity contribution in [3.8, 4) is 0 Å². The van der Waals surface area contributed by atoms with Crippen LogP contribution in [0, 0.1) is 17.8 Å². The molecule has 2 saturated heterocycles. The van der Waals surface area contributed by atoms with Crippen molar-refractivity contribution in [2.24, 2.45) is 17.8 Å². The zero-order valence-corrected chi connectivity index (χ0v) is 13.1. The van der Waals surface area contributed by atoms with Crippen LogP contribution in [-0.2, 0) is 9.53 Å². The Morgan fingerprint density at radius 2 is 2.11 bits per heavy atom. The summed E-state index contributed by atoms with van der Waals surface area (Å²) in [4.78, 5) is 13.7. The molecule has 2 aliphatic rings. The fraction of sp³-hybridized carbons (Fsp3) is 0.750. The Morgan fingerprint density at radius 3 is 2.63 bits per heavy atom. The van der Waals surface area contributed by atoms with E-state index in [1.807, 2.05) is 0 Å². The van der Waals surface area contributed by atoms with Crippen molar-refractivity contribution in [3.05, 3.63) is 3.92 Å². The van der Waals surface area contributed by atoms with Crippen molar-refractivity contribution in [3.63, 3.8) is 0 Å². The van der Waals surface area contributed by atoms with Crippen LogP contribution < -0.4 is 4.90 Å². The first-order valence-electron chi connectivity index (χ1n) is 6.44. The quantitative estimate of drug-likeness (QED) is 0.838. The third-order valence-corrected chi connectivity index (χ3v) is 5.38. The monoisotopic (exact) mass is 345 g/mol. The normalized spacial score (nSPS) is 30.4. The summed E-state index contributed by atoms with van der Waals surface area (Å²) in [5.74, 6) is 1.62. The van der Waals surface area contributed by atoms with Gasteiger partial charge in [0.1, 0.15) is 5.78 Å². The highest BCUT2D eigenvalue weighted by Crippen LogP contribution is 2.38. The van der Waals surface area contributed by atoms with Crippen LogP contribution in [0.15, 0.2) is 3.92 Å². The zero-order chi connectivity index (χ0) is 13.4. The third kappa shape index (κ3) is 2.83. The van der Waals surface area contributed by atoms with Gasteiger partial charge in [0.2, 0.25) is 5.13 Å². The van der Waals surface area contributed by atoms with Gasteiger partial charge in [0.05, 0.1) is 13.2 Å². The van der Waals surface area contributed by atoms with Crippen LogP contribution in [-0.4, -0.2) is 42.3 Å². The number of hydrogen-bond donors (Lipinski definition) is 0. The standard InChI is InChI=1S/C12H16BrN3O2S/c1-7(17)2-10-8-3-16(4-9(10)6-18-5-8)12-15-14-11(13)19-12/h8-10H,2-6H2,1H3. The van der Waals surface area contributed by atoms with Gasteiger partial charge in [-0.15, -0.1) is 10.2 Å². The van der Waals surface area contributed by atoms with Gasteiger partial charge in [-0.05, 0) is 28.8 Å². The lowest BCUT2D eigenvalue weighted by Gasteiger charge is -2.46. The second-order valence-corrected chi connectivity index (χ2v) is 7.60. The number of ether oxygens (including phenoxy) is 1. The van der Waals surface area contributed by atoms with Crippen LogP contribution in [0.3, 0.4) is 0 Å². The van der Waals surface area contributed by atoms with Crippen molar-refractivity contribution in [2.75, 3.05) is 31.2 Å². The SMILES string of the molecule is CC(=O)CC1C2COCC1CN(c1nnc(Br)s1)C2. The van der Waals surface area contributed by atoms with E-state index in [-0.39, 0.29) is 5.78 Å². The van der Waals surface area contributed by atoms with Crippen molar-refractivity contribution >= 4 is 38.2 Å². The smallest absolute Gasteiger partial charge is 0.209 e. The summed E-state index contributed by atoms with van der Waals surface area (Å²) in [7, 11) is 0. The molecule has 2 atom stereocenters. The number of aromatic nitrogens is 2. The molecule has 0 radical (unpaired) electrons. The van der Waals surface area contributed by atoms with Crippen molar-refractivity contribution in [1.29, 1.82) is 0 Å². The highest BCUT2D eigenvalue weighted by Gasteiger charge is 2.41. The molecule has 0 spiro atoms. The lowest BCUT2D eigenvalue weighted by atomic mass is 9.74. The van der Waals surface area contributed by atoms with E-state index in [1.54, 1.807) is 18.3 Å². The minimum absolute atomic E-state index is 0.286. The molecule has 0 N–H and O–H groups in total. The summed E-state index contributed by atoms with van der Waals surface area (Å²) in [5, 5.41) is 9.17. The third-order valence-electron chi connectivity index (χ3n) is 3.97. The molecular weight excluding hydrogens is 330 g/mol. The summed E-state index contributed by atoms with van der Waals surface area (Å²) in [6.07, 6.45) is 0.687. The maximum absolute atomic E-state index is 11.4. The molecule has 3 heterocycles. The molecule has 2 bridgehead atoms. The van der Waals surface area contributed by atoms with Crippen molar-refractivity contribution in [1.82, 2.24) is 10.2 Å². The number of hydrogen-bond acceptors (Lipinski definition) is 6. The van der Waals surface area contributed by atoms with Gasteiger partial charge in [0.25, 0.3) is 0 Å².